The number of rotatable bonds is 6. The van der Waals surface area contributed by atoms with E-state index in [0.717, 1.165) is 6.07 Å². The highest BCUT2D eigenvalue weighted by Gasteiger charge is 2.34. The summed E-state index contributed by atoms with van der Waals surface area (Å²) in [6.45, 7) is 3.47. The molecule has 2 aromatic heterocycles. The van der Waals surface area contributed by atoms with E-state index in [9.17, 15) is 21.6 Å². The molecule has 0 spiro atoms. The van der Waals surface area contributed by atoms with E-state index in [-0.39, 0.29) is 22.2 Å². The Morgan fingerprint density at radius 2 is 1.68 bits per heavy atom. The number of halogens is 3. The molecule has 0 fully saturated rings. The zero-order chi connectivity index (χ0) is 24.5. The van der Waals surface area contributed by atoms with Gasteiger partial charge in [-0.05, 0) is 62.4 Å². The molecule has 0 aliphatic heterocycles. The van der Waals surface area contributed by atoms with Gasteiger partial charge in [-0.1, -0.05) is 6.07 Å². The van der Waals surface area contributed by atoms with E-state index in [1.54, 1.807) is 32.0 Å². The number of sulfonamides is 1. The van der Waals surface area contributed by atoms with Gasteiger partial charge in [0.15, 0.2) is 0 Å². The second-order valence-electron chi connectivity index (χ2n) is 7.78. The van der Waals surface area contributed by atoms with Crippen LogP contribution >= 0.6 is 0 Å². The number of alkyl halides is 3. The molecule has 0 aliphatic rings. The van der Waals surface area contributed by atoms with Crippen molar-refractivity contribution in [1.82, 2.24) is 19.7 Å². The molecular weight excluding hydrogens is 467 g/mol. The Kier molecular flexibility index (Phi) is 6.24. The molecule has 2 aromatic carbocycles. The predicted molar refractivity (Wildman–Crippen MR) is 123 cm³/mol. The Hall–Kier alpha value is -3.57. The van der Waals surface area contributed by atoms with Crippen LogP contribution < -0.4 is 10.0 Å². The van der Waals surface area contributed by atoms with Gasteiger partial charge in [-0.25, -0.2) is 23.1 Å². The quantitative estimate of drug-likeness (QED) is 0.391. The lowest BCUT2D eigenvalue weighted by atomic mass is 10.0. The van der Waals surface area contributed by atoms with Crippen LogP contribution in [-0.2, 0) is 16.2 Å². The summed E-state index contributed by atoms with van der Waals surface area (Å²) in [4.78, 5) is 12.5. The normalized spacial score (nSPS) is 12.3. The molecule has 0 saturated carbocycles. The second-order valence-corrected chi connectivity index (χ2v) is 9.49. The van der Waals surface area contributed by atoms with Gasteiger partial charge in [0.25, 0.3) is 0 Å². The van der Waals surface area contributed by atoms with Gasteiger partial charge >= 0.3 is 6.18 Å². The van der Waals surface area contributed by atoms with Crippen LogP contribution in [0, 0.1) is 0 Å². The number of hydrogen-bond acceptors (Lipinski definition) is 6. The van der Waals surface area contributed by atoms with Gasteiger partial charge in [0.1, 0.15) is 12.1 Å². The molecule has 4 aromatic rings. The molecule has 0 unspecified atom stereocenters. The van der Waals surface area contributed by atoms with Crippen LogP contribution in [0.4, 0.5) is 24.7 Å². The van der Waals surface area contributed by atoms with Crippen molar-refractivity contribution in [3.8, 4) is 11.3 Å². The standard InChI is InChI=1S/C23H20F3N5O2S/c1-14(2)31-34(32,33)17-8-6-16(7-9-17)30-22-18-10-5-15(12-20(18)28-13-29-22)21-19(23(24,25)26)4-3-11-27-21/h3-14,31H,1-2H3,(H,28,29,30). The van der Waals surface area contributed by atoms with Crippen LogP contribution in [0.3, 0.4) is 0 Å². The minimum absolute atomic E-state index is 0.125. The number of fused-ring (bicyclic) bond motifs is 1. The number of nitrogens with one attached hydrogen (secondary N) is 2. The molecule has 176 valence electrons. The fourth-order valence-corrected chi connectivity index (χ4v) is 4.65. The van der Waals surface area contributed by atoms with Crippen molar-refractivity contribution in [3.63, 3.8) is 0 Å². The summed E-state index contributed by atoms with van der Waals surface area (Å²) in [6.07, 6.45) is -1.94. The highest BCUT2D eigenvalue weighted by Crippen LogP contribution is 2.36. The van der Waals surface area contributed by atoms with E-state index in [4.69, 9.17) is 0 Å². The SMILES string of the molecule is CC(C)NS(=O)(=O)c1ccc(Nc2ncnc3cc(-c4ncccc4C(F)(F)F)ccc23)cc1. The second kappa shape index (κ2) is 8.99. The fourth-order valence-electron chi connectivity index (χ4n) is 3.40. The van der Waals surface area contributed by atoms with E-state index >= 15 is 0 Å². The molecule has 2 N–H and O–H groups in total. The first-order chi connectivity index (χ1) is 16.0. The molecule has 34 heavy (non-hydrogen) atoms. The Morgan fingerprint density at radius 3 is 2.35 bits per heavy atom. The van der Waals surface area contributed by atoms with Gasteiger partial charge in [0, 0.05) is 28.9 Å². The zero-order valence-electron chi connectivity index (χ0n) is 18.1. The van der Waals surface area contributed by atoms with Crippen molar-refractivity contribution in [1.29, 1.82) is 0 Å². The van der Waals surface area contributed by atoms with Crippen LogP contribution in [-0.4, -0.2) is 29.4 Å². The molecule has 2 heterocycles. The summed E-state index contributed by atoms with van der Waals surface area (Å²) in [6, 6.07) is 12.8. The molecule has 0 radical (unpaired) electrons. The van der Waals surface area contributed by atoms with Crippen molar-refractivity contribution in [2.45, 2.75) is 31.0 Å². The fraction of sp³-hybridized carbons (Fsp3) is 0.174. The number of hydrogen-bond donors (Lipinski definition) is 2. The van der Waals surface area contributed by atoms with Crippen molar-refractivity contribution in [2.75, 3.05) is 5.32 Å². The Labute approximate surface area is 194 Å². The summed E-state index contributed by atoms with van der Waals surface area (Å²) < 4.78 is 67.3. The van der Waals surface area contributed by atoms with E-state index in [1.807, 2.05) is 0 Å². The molecule has 0 aliphatic carbocycles. The number of nitrogens with zero attached hydrogens (tertiary/aromatic N) is 3. The van der Waals surface area contributed by atoms with E-state index in [2.05, 4.69) is 25.0 Å². The molecule has 11 heteroatoms. The Balaban J connectivity index is 1.65. The maximum atomic E-state index is 13.4. The molecule has 7 nitrogen and oxygen atoms in total. The van der Waals surface area contributed by atoms with Gasteiger partial charge in [-0.3, -0.25) is 4.98 Å². The van der Waals surface area contributed by atoms with Crippen molar-refractivity contribution < 1.29 is 21.6 Å². The third-order valence-corrected chi connectivity index (χ3v) is 6.52. The maximum absolute atomic E-state index is 13.4. The van der Waals surface area contributed by atoms with Crippen LogP contribution in [0.1, 0.15) is 19.4 Å². The molecule has 0 amide bonds. The monoisotopic (exact) mass is 487 g/mol. The minimum atomic E-state index is -4.54. The lowest BCUT2D eigenvalue weighted by Gasteiger charge is -2.13. The first kappa shape index (κ1) is 23.6. The number of aromatic nitrogens is 3. The third-order valence-electron chi connectivity index (χ3n) is 4.84. The van der Waals surface area contributed by atoms with Crippen LogP contribution in [0.15, 0.2) is 72.0 Å². The highest BCUT2D eigenvalue weighted by molar-refractivity contribution is 7.89. The zero-order valence-corrected chi connectivity index (χ0v) is 18.9. The summed E-state index contributed by atoms with van der Waals surface area (Å²) in [7, 11) is -3.62. The average Bonchev–Trinajstić information content (AvgIpc) is 2.78. The summed E-state index contributed by atoms with van der Waals surface area (Å²) >= 11 is 0. The van der Waals surface area contributed by atoms with Gasteiger partial charge in [-0.15, -0.1) is 0 Å². The summed E-state index contributed by atoms with van der Waals surface area (Å²) in [5, 5.41) is 3.68. The van der Waals surface area contributed by atoms with E-state index in [0.29, 0.717) is 22.4 Å². The largest absolute Gasteiger partial charge is 0.418 e. The van der Waals surface area contributed by atoms with Crippen LogP contribution in [0.5, 0.6) is 0 Å². The highest BCUT2D eigenvalue weighted by atomic mass is 32.2. The predicted octanol–water partition coefficient (Wildman–Crippen LogP) is 5.14. The number of pyridine rings is 1. The van der Waals surface area contributed by atoms with Crippen LogP contribution in [0.2, 0.25) is 0 Å². The van der Waals surface area contributed by atoms with Crippen molar-refractivity contribution in [2.24, 2.45) is 0 Å². The lowest BCUT2D eigenvalue weighted by molar-refractivity contribution is -0.137. The number of anilines is 2. The van der Waals surface area contributed by atoms with E-state index in [1.165, 1.54) is 42.9 Å². The topological polar surface area (TPSA) is 96.9 Å². The maximum Gasteiger partial charge on any atom is 0.418 e. The van der Waals surface area contributed by atoms with Crippen molar-refractivity contribution in [3.05, 3.63) is 72.7 Å². The van der Waals surface area contributed by atoms with Crippen LogP contribution in [0.25, 0.3) is 22.2 Å². The van der Waals surface area contributed by atoms with Gasteiger partial charge in [0.2, 0.25) is 10.0 Å². The smallest absolute Gasteiger partial charge is 0.340 e. The Bertz CT molecular complexity index is 1440. The van der Waals surface area contributed by atoms with Gasteiger partial charge in [-0.2, -0.15) is 13.2 Å². The molecule has 4 rings (SSSR count). The first-order valence-corrected chi connectivity index (χ1v) is 11.7. The van der Waals surface area contributed by atoms with E-state index < -0.39 is 21.8 Å². The third kappa shape index (κ3) is 5.00. The molecule has 0 bridgehead atoms. The van der Waals surface area contributed by atoms with Gasteiger partial charge < -0.3 is 5.32 Å². The van der Waals surface area contributed by atoms with Gasteiger partial charge in [0.05, 0.1) is 21.7 Å². The van der Waals surface area contributed by atoms with Crippen molar-refractivity contribution >= 4 is 32.4 Å². The minimum Gasteiger partial charge on any atom is -0.340 e. The number of benzene rings is 2. The Morgan fingerprint density at radius 1 is 0.941 bits per heavy atom. The first-order valence-electron chi connectivity index (χ1n) is 10.2. The lowest BCUT2D eigenvalue weighted by Crippen LogP contribution is -2.30. The molecular formula is C23H20F3N5O2S. The molecule has 0 atom stereocenters. The summed E-state index contributed by atoms with van der Waals surface area (Å²) in [5.41, 5.74) is 0.267. The average molecular weight is 488 g/mol. The molecule has 0 saturated heterocycles. The summed E-state index contributed by atoms with van der Waals surface area (Å²) in [5.74, 6) is 0.421.